The zero-order valence-corrected chi connectivity index (χ0v) is 11.0. The molecular formula is C12H19FN2O2S. The third kappa shape index (κ3) is 6.09. The van der Waals surface area contributed by atoms with Crippen LogP contribution in [-0.4, -0.2) is 27.3 Å². The van der Waals surface area contributed by atoms with Gasteiger partial charge < -0.3 is 5.73 Å². The van der Waals surface area contributed by atoms with Gasteiger partial charge in [-0.3, -0.25) is 0 Å². The van der Waals surface area contributed by atoms with Crippen LogP contribution in [0, 0.1) is 5.82 Å². The molecule has 0 atom stereocenters. The summed E-state index contributed by atoms with van der Waals surface area (Å²) in [6, 6.07) is 6.15. The molecule has 0 aliphatic heterocycles. The maximum Gasteiger partial charge on any atom is 0.211 e. The van der Waals surface area contributed by atoms with Crippen molar-refractivity contribution >= 4 is 10.0 Å². The number of sulfonamides is 1. The molecule has 0 aliphatic rings. The van der Waals surface area contributed by atoms with E-state index in [4.69, 9.17) is 5.73 Å². The molecule has 0 bridgehead atoms. The van der Waals surface area contributed by atoms with Crippen LogP contribution in [0.2, 0.25) is 0 Å². The van der Waals surface area contributed by atoms with E-state index in [1.807, 2.05) is 0 Å². The van der Waals surface area contributed by atoms with Crippen molar-refractivity contribution in [3.05, 3.63) is 35.6 Å². The average Bonchev–Trinajstić information content (AvgIpc) is 2.29. The van der Waals surface area contributed by atoms with Gasteiger partial charge in [-0.25, -0.2) is 17.5 Å². The Kier molecular flexibility index (Phi) is 6.24. The number of hydrogen-bond donors (Lipinski definition) is 2. The van der Waals surface area contributed by atoms with E-state index in [2.05, 4.69) is 4.72 Å². The molecule has 102 valence electrons. The molecule has 1 rings (SSSR count). The van der Waals surface area contributed by atoms with Crippen molar-refractivity contribution in [3.8, 4) is 0 Å². The van der Waals surface area contributed by atoms with Gasteiger partial charge in [-0.05, 0) is 43.5 Å². The Labute approximate surface area is 107 Å². The summed E-state index contributed by atoms with van der Waals surface area (Å²) in [5.74, 6) is -0.217. The van der Waals surface area contributed by atoms with Crippen LogP contribution < -0.4 is 10.5 Å². The summed E-state index contributed by atoms with van der Waals surface area (Å²) in [5, 5.41) is 0. The largest absolute Gasteiger partial charge is 0.330 e. The molecule has 0 unspecified atom stereocenters. The molecule has 0 saturated heterocycles. The summed E-state index contributed by atoms with van der Waals surface area (Å²) in [5.41, 5.74) is 6.07. The predicted molar refractivity (Wildman–Crippen MR) is 70.2 cm³/mol. The molecule has 1 aromatic carbocycles. The average molecular weight is 274 g/mol. The number of rotatable bonds is 8. The highest BCUT2D eigenvalue weighted by Crippen LogP contribution is 2.04. The van der Waals surface area contributed by atoms with Crippen LogP contribution in [0.3, 0.4) is 0 Å². The minimum absolute atomic E-state index is 0.0906. The Morgan fingerprint density at radius 2 is 2.06 bits per heavy atom. The van der Waals surface area contributed by atoms with Gasteiger partial charge in [0, 0.05) is 6.54 Å². The van der Waals surface area contributed by atoms with Crippen LogP contribution in [0.1, 0.15) is 18.4 Å². The topological polar surface area (TPSA) is 72.2 Å². The number of benzene rings is 1. The molecule has 0 heterocycles. The van der Waals surface area contributed by atoms with E-state index in [1.54, 1.807) is 12.1 Å². The molecule has 1 aromatic rings. The van der Waals surface area contributed by atoms with Crippen molar-refractivity contribution in [2.24, 2.45) is 5.73 Å². The van der Waals surface area contributed by atoms with Gasteiger partial charge in [0.25, 0.3) is 0 Å². The van der Waals surface area contributed by atoms with E-state index in [0.29, 0.717) is 25.8 Å². The molecule has 18 heavy (non-hydrogen) atoms. The smallest absolute Gasteiger partial charge is 0.211 e. The van der Waals surface area contributed by atoms with Gasteiger partial charge in [-0.2, -0.15) is 0 Å². The minimum Gasteiger partial charge on any atom is -0.330 e. The highest BCUT2D eigenvalue weighted by Gasteiger charge is 2.08. The minimum atomic E-state index is -3.23. The Morgan fingerprint density at radius 3 is 2.72 bits per heavy atom. The molecule has 0 amide bonds. The Morgan fingerprint density at radius 1 is 1.28 bits per heavy atom. The molecule has 3 N–H and O–H groups in total. The number of halogens is 1. The second-order valence-electron chi connectivity index (χ2n) is 4.09. The highest BCUT2D eigenvalue weighted by molar-refractivity contribution is 7.89. The van der Waals surface area contributed by atoms with Crippen LogP contribution in [0.15, 0.2) is 24.3 Å². The van der Waals surface area contributed by atoms with Crippen LogP contribution in [0.25, 0.3) is 0 Å². The first-order valence-electron chi connectivity index (χ1n) is 5.95. The zero-order valence-electron chi connectivity index (χ0n) is 10.2. The molecule has 0 spiro atoms. The van der Waals surface area contributed by atoms with Crippen molar-refractivity contribution < 1.29 is 12.8 Å². The lowest BCUT2D eigenvalue weighted by molar-refractivity contribution is 0.577. The normalized spacial score (nSPS) is 11.7. The molecule has 0 aliphatic carbocycles. The lowest BCUT2D eigenvalue weighted by Crippen LogP contribution is -2.28. The highest BCUT2D eigenvalue weighted by atomic mass is 32.2. The fourth-order valence-corrected chi connectivity index (χ4v) is 2.69. The summed E-state index contributed by atoms with van der Waals surface area (Å²) in [6.07, 6.45) is 1.74. The molecule has 6 heteroatoms. The molecule has 0 radical (unpaired) electrons. The summed E-state index contributed by atoms with van der Waals surface area (Å²) in [4.78, 5) is 0. The summed E-state index contributed by atoms with van der Waals surface area (Å²) in [7, 11) is -3.23. The standard InChI is InChI=1S/C12H19FN2O2S/c13-12-5-3-4-11(10-12)6-8-15-18(16,17)9-2-1-7-14/h3-5,10,15H,1-2,6-9,14H2. The van der Waals surface area contributed by atoms with Gasteiger partial charge in [0.1, 0.15) is 5.82 Å². The summed E-state index contributed by atoms with van der Waals surface area (Å²) >= 11 is 0. The van der Waals surface area contributed by atoms with Crippen molar-refractivity contribution in [1.29, 1.82) is 0 Å². The van der Waals surface area contributed by atoms with E-state index in [1.165, 1.54) is 12.1 Å². The van der Waals surface area contributed by atoms with Gasteiger partial charge in [-0.15, -0.1) is 0 Å². The SMILES string of the molecule is NCCCCS(=O)(=O)NCCc1cccc(F)c1. The third-order valence-corrected chi connectivity index (χ3v) is 3.96. The fourth-order valence-electron chi connectivity index (χ4n) is 1.55. The lowest BCUT2D eigenvalue weighted by atomic mass is 10.1. The Bertz CT molecular complexity index is 463. The maximum absolute atomic E-state index is 12.9. The Balaban J connectivity index is 2.32. The molecule has 4 nitrogen and oxygen atoms in total. The van der Waals surface area contributed by atoms with Crippen molar-refractivity contribution in [2.45, 2.75) is 19.3 Å². The van der Waals surface area contributed by atoms with Gasteiger partial charge in [0.2, 0.25) is 10.0 Å². The number of unbranched alkanes of at least 4 members (excludes halogenated alkanes) is 1. The molecule has 0 fully saturated rings. The third-order valence-electron chi connectivity index (χ3n) is 2.49. The number of nitrogens with one attached hydrogen (secondary N) is 1. The van der Waals surface area contributed by atoms with E-state index in [-0.39, 0.29) is 18.1 Å². The van der Waals surface area contributed by atoms with E-state index in [0.717, 1.165) is 5.56 Å². The Hall–Kier alpha value is -0.980. The van der Waals surface area contributed by atoms with Crippen LogP contribution in [0.5, 0.6) is 0 Å². The van der Waals surface area contributed by atoms with E-state index < -0.39 is 10.0 Å². The lowest BCUT2D eigenvalue weighted by Gasteiger charge is -2.06. The first-order chi connectivity index (χ1) is 8.53. The number of nitrogens with two attached hydrogens (primary N) is 1. The van der Waals surface area contributed by atoms with Crippen LogP contribution in [-0.2, 0) is 16.4 Å². The van der Waals surface area contributed by atoms with Crippen molar-refractivity contribution in [3.63, 3.8) is 0 Å². The van der Waals surface area contributed by atoms with Gasteiger partial charge in [-0.1, -0.05) is 12.1 Å². The van der Waals surface area contributed by atoms with Crippen LogP contribution >= 0.6 is 0 Å². The monoisotopic (exact) mass is 274 g/mol. The van der Waals surface area contributed by atoms with E-state index in [9.17, 15) is 12.8 Å². The number of hydrogen-bond acceptors (Lipinski definition) is 3. The molecule has 0 aromatic heterocycles. The van der Waals surface area contributed by atoms with Gasteiger partial charge in [0.05, 0.1) is 5.75 Å². The van der Waals surface area contributed by atoms with Crippen molar-refractivity contribution in [1.82, 2.24) is 4.72 Å². The first kappa shape index (κ1) is 15.1. The van der Waals surface area contributed by atoms with Crippen LogP contribution in [0.4, 0.5) is 4.39 Å². The second kappa shape index (κ2) is 7.45. The summed E-state index contributed by atoms with van der Waals surface area (Å²) in [6.45, 7) is 0.785. The fraction of sp³-hybridized carbons (Fsp3) is 0.500. The first-order valence-corrected chi connectivity index (χ1v) is 7.60. The van der Waals surface area contributed by atoms with Gasteiger partial charge in [0.15, 0.2) is 0 Å². The second-order valence-corrected chi connectivity index (χ2v) is 6.02. The quantitative estimate of drug-likeness (QED) is 0.695. The summed E-state index contributed by atoms with van der Waals surface area (Å²) < 4.78 is 38.5. The van der Waals surface area contributed by atoms with Crippen molar-refractivity contribution in [2.75, 3.05) is 18.8 Å². The van der Waals surface area contributed by atoms with Gasteiger partial charge >= 0.3 is 0 Å². The zero-order chi connectivity index (χ0) is 13.4. The van der Waals surface area contributed by atoms with E-state index >= 15 is 0 Å². The molecular weight excluding hydrogens is 255 g/mol. The molecule has 0 saturated carbocycles. The predicted octanol–water partition coefficient (Wildman–Crippen LogP) is 1.03. The maximum atomic E-state index is 12.9.